The lowest BCUT2D eigenvalue weighted by Gasteiger charge is -2.03. The van der Waals surface area contributed by atoms with Crippen LogP contribution in [0.4, 0.5) is 5.82 Å². The first-order valence-electron chi connectivity index (χ1n) is 7.37. The molecular weight excluding hydrogens is 302 g/mol. The van der Waals surface area contributed by atoms with Crippen molar-refractivity contribution in [2.45, 2.75) is 0 Å². The number of nitrogens with zero attached hydrogens (tertiary/aromatic N) is 4. The molecule has 3 heterocycles. The summed E-state index contributed by atoms with van der Waals surface area (Å²) in [6, 6.07) is 12.9. The van der Waals surface area contributed by atoms with Crippen LogP contribution in [-0.2, 0) is 0 Å². The minimum absolute atomic E-state index is 0.384. The number of aldehydes is 1. The molecule has 0 fully saturated rings. The van der Waals surface area contributed by atoms with Gasteiger partial charge in [-0.2, -0.15) is 0 Å². The Bertz CT molecular complexity index is 1020. The van der Waals surface area contributed by atoms with Crippen molar-refractivity contribution in [1.82, 2.24) is 19.6 Å². The van der Waals surface area contributed by atoms with E-state index in [2.05, 4.69) is 15.1 Å². The number of hydrogen-bond acceptors (Lipinski definition) is 5. The number of hydrogen-bond donors (Lipinski definition) is 1. The molecule has 2 N–H and O–H groups in total. The van der Waals surface area contributed by atoms with E-state index in [0.29, 0.717) is 17.0 Å². The van der Waals surface area contributed by atoms with Gasteiger partial charge in [0, 0.05) is 29.7 Å². The maximum absolute atomic E-state index is 10.8. The van der Waals surface area contributed by atoms with Crippen LogP contribution in [0, 0.1) is 0 Å². The van der Waals surface area contributed by atoms with Gasteiger partial charge in [0.05, 0.1) is 11.3 Å². The van der Waals surface area contributed by atoms with Crippen LogP contribution < -0.4 is 5.73 Å². The second kappa shape index (κ2) is 5.58. The predicted octanol–water partition coefficient (Wildman–Crippen LogP) is 2.85. The van der Waals surface area contributed by atoms with Gasteiger partial charge in [-0.15, -0.1) is 5.10 Å². The Labute approximate surface area is 137 Å². The molecule has 0 saturated carbocycles. The average Bonchev–Trinajstić information content (AvgIpc) is 2.97. The van der Waals surface area contributed by atoms with E-state index in [1.54, 1.807) is 29.0 Å². The first kappa shape index (κ1) is 14.1. The van der Waals surface area contributed by atoms with Crippen LogP contribution in [0.2, 0.25) is 0 Å². The van der Waals surface area contributed by atoms with Gasteiger partial charge in [0.15, 0.2) is 11.5 Å². The average molecular weight is 315 g/mol. The molecule has 24 heavy (non-hydrogen) atoms. The molecule has 0 atom stereocenters. The summed E-state index contributed by atoms with van der Waals surface area (Å²) < 4.78 is 1.66. The molecule has 4 rings (SSSR count). The zero-order valence-electron chi connectivity index (χ0n) is 12.6. The largest absolute Gasteiger partial charge is 0.382 e. The standard InChI is InChI=1S/C18H13N5O/c19-17-16(15-3-1-2-8-20-15)18-21-9-14(10-23(18)22-17)13-6-4-12(11-24)5-7-13/h1-11H,(H2,19,22). The van der Waals surface area contributed by atoms with Gasteiger partial charge in [0.1, 0.15) is 6.29 Å². The maximum atomic E-state index is 10.8. The number of carbonyl (C=O) groups is 1. The van der Waals surface area contributed by atoms with Gasteiger partial charge < -0.3 is 5.73 Å². The first-order valence-corrected chi connectivity index (χ1v) is 7.37. The number of aromatic nitrogens is 4. The van der Waals surface area contributed by atoms with Gasteiger partial charge in [0.2, 0.25) is 0 Å². The summed E-state index contributed by atoms with van der Waals surface area (Å²) in [5, 5.41) is 4.35. The van der Waals surface area contributed by atoms with Gasteiger partial charge in [0.25, 0.3) is 0 Å². The second-order valence-electron chi connectivity index (χ2n) is 5.33. The monoisotopic (exact) mass is 315 g/mol. The number of nitrogen functional groups attached to an aromatic ring is 1. The summed E-state index contributed by atoms with van der Waals surface area (Å²) in [7, 11) is 0. The van der Waals surface area contributed by atoms with Crippen molar-refractivity contribution in [2.75, 3.05) is 5.73 Å². The highest BCUT2D eigenvalue weighted by Crippen LogP contribution is 2.28. The SMILES string of the molecule is Nc1nn2cc(-c3ccc(C=O)cc3)cnc2c1-c1ccccn1. The molecule has 0 aliphatic rings. The zero-order chi connectivity index (χ0) is 16.5. The fourth-order valence-corrected chi connectivity index (χ4v) is 2.61. The van der Waals surface area contributed by atoms with E-state index in [1.807, 2.05) is 36.5 Å². The molecule has 0 spiro atoms. The number of fused-ring (bicyclic) bond motifs is 1. The molecule has 0 saturated heterocycles. The Balaban J connectivity index is 1.83. The minimum Gasteiger partial charge on any atom is -0.382 e. The third-order valence-corrected chi connectivity index (χ3v) is 3.80. The molecule has 1 aromatic carbocycles. The lowest BCUT2D eigenvalue weighted by Crippen LogP contribution is -1.92. The molecule has 116 valence electrons. The van der Waals surface area contributed by atoms with E-state index in [-0.39, 0.29) is 0 Å². The van der Waals surface area contributed by atoms with Gasteiger partial charge in [-0.1, -0.05) is 30.3 Å². The highest BCUT2D eigenvalue weighted by molar-refractivity contribution is 5.84. The van der Waals surface area contributed by atoms with Crippen LogP contribution in [0.15, 0.2) is 61.1 Å². The summed E-state index contributed by atoms with van der Waals surface area (Å²) in [4.78, 5) is 19.6. The fraction of sp³-hybridized carbons (Fsp3) is 0. The molecule has 6 heteroatoms. The van der Waals surface area contributed by atoms with E-state index in [9.17, 15) is 4.79 Å². The summed E-state index contributed by atoms with van der Waals surface area (Å²) >= 11 is 0. The Hall–Kier alpha value is -3.54. The van der Waals surface area contributed by atoms with E-state index < -0.39 is 0 Å². The molecular formula is C18H13N5O. The molecule has 0 amide bonds. The predicted molar refractivity (Wildman–Crippen MR) is 91.5 cm³/mol. The minimum atomic E-state index is 0.384. The highest BCUT2D eigenvalue weighted by atomic mass is 16.1. The molecule has 0 unspecified atom stereocenters. The van der Waals surface area contributed by atoms with Crippen molar-refractivity contribution >= 4 is 17.8 Å². The molecule has 6 nitrogen and oxygen atoms in total. The summed E-state index contributed by atoms with van der Waals surface area (Å²) in [5.41, 5.74) is 10.6. The summed E-state index contributed by atoms with van der Waals surface area (Å²) in [6.07, 6.45) is 6.15. The van der Waals surface area contributed by atoms with Crippen LogP contribution in [0.3, 0.4) is 0 Å². The number of carbonyl (C=O) groups excluding carboxylic acids is 1. The van der Waals surface area contributed by atoms with Crippen LogP contribution in [0.25, 0.3) is 28.0 Å². The second-order valence-corrected chi connectivity index (χ2v) is 5.33. The fourth-order valence-electron chi connectivity index (χ4n) is 2.61. The van der Waals surface area contributed by atoms with Gasteiger partial charge in [-0.25, -0.2) is 9.50 Å². The maximum Gasteiger partial charge on any atom is 0.166 e. The van der Waals surface area contributed by atoms with Gasteiger partial charge in [-0.3, -0.25) is 9.78 Å². The van der Waals surface area contributed by atoms with Crippen molar-refractivity contribution in [1.29, 1.82) is 0 Å². The summed E-state index contributed by atoms with van der Waals surface area (Å²) in [5.74, 6) is 0.384. The van der Waals surface area contributed by atoms with Gasteiger partial charge >= 0.3 is 0 Å². The number of nitrogens with two attached hydrogens (primary N) is 1. The van der Waals surface area contributed by atoms with E-state index in [4.69, 9.17) is 5.73 Å². The van der Waals surface area contributed by atoms with Crippen LogP contribution in [0.1, 0.15) is 10.4 Å². The lowest BCUT2D eigenvalue weighted by atomic mass is 10.1. The molecule has 0 aliphatic carbocycles. The lowest BCUT2D eigenvalue weighted by molar-refractivity contribution is 0.112. The van der Waals surface area contributed by atoms with E-state index in [1.165, 1.54) is 0 Å². The number of pyridine rings is 1. The summed E-state index contributed by atoms with van der Waals surface area (Å²) in [6.45, 7) is 0. The van der Waals surface area contributed by atoms with Crippen molar-refractivity contribution in [2.24, 2.45) is 0 Å². The van der Waals surface area contributed by atoms with Gasteiger partial charge in [-0.05, 0) is 17.7 Å². The van der Waals surface area contributed by atoms with Crippen molar-refractivity contribution in [3.05, 3.63) is 66.6 Å². The topological polar surface area (TPSA) is 86.2 Å². The highest BCUT2D eigenvalue weighted by Gasteiger charge is 2.15. The molecule has 0 bridgehead atoms. The third-order valence-electron chi connectivity index (χ3n) is 3.80. The Morgan fingerprint density at radius 3 is 2.54 bits per heavy atom. The van der Waals surface area contributed by atoms with Crippen LogP contribution in [0.5, 0.6) is 0 Å². The Morgan fingerprint density at radius 2 is 1.83 bits per heavy atom. The van der Waals surface area contributed by atoms with Crippen molar-refractivity contribution in [3.63, 3.8) is 0 Å². The number of benzene rings is 1. The molecule has 0 radical (unpaired) electrons. The normalized spacial score (nSPS) is 10.8. The van der Waals surface area contributed by atoms with Crippen LogP contribution >= 0.6 is 0 Å². The first-order chi connectivity index (χ1) is 11.8. The quantitative estimate of drug-likeness (QED) is 0.587. The molecule has 4 aromatic rings. The Kier molecular flexibility index (Phi) is 3.28. The smallest absolute Gasteiger partial charge is 0.166 e. The number of anilines is 1. The van der Waals surface area contributed by atoms with E-state index >= 15 is 0 Å². The van der Waals surface area contributed by atoms with Crippen molar-refractivity contribution < 1.29 is 4.79 Å². The van der Waals surface area contributed by atoms with Crippen LogP contribution in [-0.4, -0.2) is 25.9 Å². The molecule has 3 aromatic heterocycles. The third kappa shape index (κ3) is 2.30. The Morgan fingerprint density at radius 1 is 1.00 bits per heavy atom. The zero-order valence-corrected chi connectivity index (χ0v) is 12.6. The number of rotatable bonds is 3. The van der Waals surface area contributed by atoms with Crippen molar-refractivity contribution in [3.8, 4) is 22.4 Å². The van der Waals surface area contributed by atoms with E-state index in [0.717, 1.165) is 28.7 Å². The molecule has 0 aliphatic heterocycles.